The summed E-state index contributed by atoms with van der Waals surface area (Å²) in [7, 11) is -4.06. The van der Waals surface area contributed by atoms with Crippen molar-refractivity contribution in [3.8, 4) is 5.88 Å². The van der Waals surface area contributed by atoms with Crippen LogP contribution >= 0.6 is 11.8 Å². The lowest BCUT2D eigenvalue weighted by Gasteiger charge is -2.35. The van der Waals surface area contributed by atoms with Crippen LogP contribution in [0.4, 0.5) is 20.3 Å². The summed E-state index contributed by atoms with van der Waals surface area (Å²) in [4.78, 5) is 26.2. The van der Waals surface area contributed by atoms with Crippen molar-refractivity contribution in [3.05, 3.63) is 66.0 Å². The van der Waals surface area contributed by atoms with Crippen molar-refractivity contribution in [2.24, 2.45) is 0 Å². The number of nitrogens with zero attached hydrogens (tertiary/aromatic N) is 5. The third-order valence-corrected chi connectivity index (χ3v) is 8.78. The molecule has 4 rings (SSSR count). The van der Waals surface area contributed by atoms with E-state index in [-0.39, 0.29) is 47.7 Å². The minimum atomic E-state index is -4.06. The topological polar surface area (TPSA) is 138 Å². The second-order valence-electron chi connectivity index (χ2n) is 9.07. The Bertz CT molecular complexity index is 1460. The smallest absolute Gasteiger partial charge is 0.347 e. The lowest BCUT2D eigenvalue weighted by Crippen LogP contribution is -2.50. The number of hydrogen-bond donors (Lipinski definition) is 2. The van der Waals surface area contributed by atoms with E-state index < -0.39 is 33.4 Å². The molecule has 1 saturated heterocycles. The van der Waals surface area contributed by atoms with Crippen molar-refractivity contribution in [1.29, 1.82) is 0 Å². The maximum Gasteiger partial charge on any atom is 0.347 e. The van der Waals surface area contributed by atoms with Gasteiger partial charge in [-0.3, -0.25) is 9.71 Å². The van der Waals surface area contributed by atoms with Crippen LogP contribution in [0.5, 0.6) is 5.88 Å². The fourth-order valence-electron chi connectivity index (χ4n) is 3.81. The van der Waals surface area contributed by atoms with Crippen LogP contribution in [0, 0.1) is 11.6 Å². The lowest BCUT2D eigenvalue weighted by molar-refractivity contribution is -0.154. The molecule has 1 fully saturated rings. The minimum absolute atomic E-state index is 0.0230. The number of anilines is 2. The number of pyridine rings is 1. The number of piperazine rings is 1. The summed E-state index contributed by atoms with van der Waals surface area (Å²) in [6, 6.07) is 8.65. The monoisotopic (exact) mass is 594 g/mol. The Balaban J connectivity index is 1.55. The summed E-state index contributed by atoms with van der Waals surface area (Å²) in [6.45, 7) is 4.30. The fourth-order valence-corrected chi connectivity index (χ4v) is 5.78. The Hall–Kier alpha value is -3.56. The molecular formula is C25H28F2N6O5S2. The predicted molar refractivity (Wildman–Crippen MR) is 145 cm³/mol. The van der Waals surface area contributed by atoms with Gasteiger partial charge in [-0.25, -0.2) is 18.6 Å². The van der Waals surface area contributed by atoms with Crippen LogP contribution in [-0.2, 0) is 20.8 Å². The van der Waals surface area contributed by atoms with E-state index in [1.165, 1.54) is 29.4 Å². The van der Waals surface area contributed by atoms with E-state index in [0.29, 0.717) is 13.1 Å². The molecule has 0 bridgehead atoms. The molecule has 214 valence electrons. The molecule has 1 aliphatic heterocycles. The molecule has 0 amide bonds. The van der Waals surface area contributed by atoms with Crippen molar-refractivity contribution >= 4 is 39.4 Å². The van der Waals surface area contributed by atoms with Gasteiger partial charge >= 0.3 is 16.2 Å². The third kappa shape index (κ3) is 6.95. The standard InChI is InChI=1S/C25H28F2N6O5S2/c1-3-25(2,23(34)35)38-21-15-20(29-24(30-21)39-16-17-5-4-6-19(26)22(17)27)31-40(36,37)33-13-11-32(12-14-33)18-7-9-28-10-8-18/h4-10,15H,3,11-14,16H2,1-2H3,(H,34,35)(H,29,30,31)/t25-/m1/s1. The van der Waals surface area contributed by atoms with Gasteiger partial charge in [-0.2, -0.15) is 17.7 Å². The second-order valence-corrected chi connectivity index (χ2v) is 11.7. The summed E-state index contributed by atoms with van der Waals surface area (Å²) >= 11 is 0.910. The van der Waals surface area contributed by atoms with Gasteiger partial charge in [-0.1, -0.05) is 30.8 Å². The Kier molecular flexibility index (Phi) is 9.05. The molecular weight excluding hydrogens is 566 g/mol. The van der Waals surface area contributed by atoms with Gasteiger partial charge in [-0.15, -0.1) is 0 Å². The molecule has 0 spiro atoms. The van der Waals surface area contributed by atoms with Gasteiger partial charge < -0.3 is 14.7 Å². The molecule has 0 aliphatic carbocycles. The molecule has 0 saturated carbocycles. The number of nitrogens with one attached hydrogen (secondary N) is 1. The van der Waals surface area contributed by atoms with Crippen molar-refractivity contribution in [3.63, 3.8) is 0 Å². The summed E-state index contributed by atoms with van der Waals surface area (Å²) in [6.07, 6.45) is 3.42. The Morgan fingerprint density at radius 1 is 1.15 bits per heavy atom. The maximum atomic E-state index is 14.2. The molecule has 1 aromatic carbocycles. The van der Waals surface area contributed by atoms with Crippen LogP contribution in [0.25, 0.3) is 0 Å². The molecule has 2 aromatic heterocycles. The Labute approximate surface area is 234 Å². The summed E-state index contributed by atoms with van der Waals surface area (Å²) < 4.78 is 63.6. The molecule has 0 radical (unpaired) electrons. The van der Waals surface area contributed by atoms with Crippen molar-refractivity contribution < 1.29 is 31.8 Å². The van der Waals surface area contributed by atoms with Gasteiger partial charge in [0, 0.05) is 61.6 Å². The van der Waals surface area contributed by atoms with Gasteiger partial charge in [0.2, 0.25) is 11.5 Å². The molecule has 1 aliphatic rings. The Morgan fingerprint density at radius 2 is 1.85 bits per heavy atom. The molecule has 15 heteroatoms. The number of ether oxygens (including phenoxy) is 1. The first kappa shape index (κ1) is 29.4. The number of carboxylic acid groups (broad SMARTS) is 1. The second kappa shape index (κ2) is 12.3. The highest BCUT2D eigenvalue weighted by Gasteiger charge is 2.35. The van der Waals surface area contributed by atoms with Crippen molar-refractivity contribution in [2.75, 3.05) is 35.8 Å². The maximum absolute atomic E-state index is 14.2. The SMILES string of the molecule is CC[C@@](C)(Oc1cc(NS(=O)(=O)N2CCN(c3ccncc3)CC2)nc(SCc2cccc(F)c2F)n1)C(=O)O. The van der Waals surface area contributed by atoms with E-state index in [0.717, 1.165) is 23.5 Å². The van der Waals surface area contributed by atoms with Gasteiger partial charge in [0.15, 0.2) is 16.8 Å². The molecule has 0 unspecified atom stereocenters. The summed E-state index contributed by atoms with van der Waals surface area (Å²) in [5, 5.41) is 9.60. The number of aromatic nitrogens is 3. The summed E-state index contributed by atoms with van der Waals surface area (Å²) in [5.41, 5.74) is -0.658. The average Bonchev–Trinajstić information content (AvgIpc) is 2.94. The first-order valence-corrected chi connectivity index (χ1v) is 14.7. The van der Waals surface area contributed by atoms with E-state index in [1.54, 1.807) is 19.3 Å². The van der Waals surface area contributed by atoms with Crippen molar-refractivity contribution in [2.45, 2.75) is 36.8 Å². The van der Waals surface area contributed by atoms with E-state index in [4.69, 9.17) is 4.74 Å². The minimum Gasteiger partial charge on any atom is -0.478 e. The number of carbonyl (C=O) groups is 1. The van der Waals surface area contributed by atoms with Crippen LogP contribution in [0.1, 0.15) is 25.8 Å². The number of aliphatic carboxylic acids is 1. The highest BCUT2D eigenvalue weighted by atomic mass is 32.2. The molecule has 3 heterocycles. The zero-order valence-electron chi connectivity index (χ0n) is 21.8. The normalized spacial score (nSPS) is 15.8. The van der Waals surface area contributed by atoms with Crippen molar-refractivity contribution in [1.82, 2.24) is 19.3 Å². The summed E-state index contributed by atoms with van der Waals surface area (Å²) in [5.74, 6) is -3.68. The zero-order chi connectivity index (χ0) is 28.9. The predicted octanol–water partition coefficient (Wildman–Crippen LogP) is 3.55. The van der Waals surface area contributed by atoms with Crippen LogP contribution < -0.4 is 14.4 Å². The molecule has 3 aromatic rings. The van der Waals surface area contributed by atoms with Gasteiger partial charge in [-0.05, 0) is 31.5 Å². The zero-order valence-corrected chi connectivity index (χ0v) is 23.4. The van der Waals surface area contributed by atoms with Crippen LogP contribution in [-0.4, -0.2) is 70.5 Å². The highest BCUT2D eigenvalue weighted by Crippen LogP contribution is 2.29. The number of benzene rings is 1. The van der Waals surface area contributed by atoms with Crippen LogP contribution in [0.15, 0.2) is 53.9 Å². The third-order valence-electron chi connectivity index (χ3n) is 6.37. The fraction of sp³-hybridized carbons (Fsp3) is 0.360. The molecule has 11 nitrogen and oxygen atoms in total. The highest BCUT2D eigenvalue weighted by molar-refractivity contribution is 7.98. The number of rotatable bonds is 11. The lowest BCUT2D eigenvalue weighted by atomic mass is 10.0. The quantitative estimate of drug-likeness (QED) is 0.250. The van der Waals surface area contributed by atoms with E-state index in [1.807, 2.05) is 17.0 Å². The molecule has 2 N–H and O–H groups in total. The van der Waals surface area contributed by atoms with Crippen LogP contribution in [0.2, 0.25) is 0 Å². The van der Waals surface area contributed by atoms with E-state index in [2.05, 4.69) is 19.7 Å². The van der Waals surface area contributed by atoms with E-state index in [9.17, 15) is 27.1 Å². The van der Waals surface area contributed by atoms with E-state index >= 15 is 0 Å². The Morgan fingerprint density at radius 3 is 2.50 bits per heavy atom. The van der Waals surface area contributed by atoms with Gasteiger partial charge in [0.05, 0.1) is 0 Å². The first-order valence-electron chi connectivity index (χ1n) is 12.3. The molecule has 1 atom stereocenters. The number of halogens is 2. The molecule has 40 heavy (non-hydrogen) atoms. The van der Waals surface area contributed by atoms with Gasteiger partial charge in [0.25, 0.3) is 0 Å². The van der Waals surface area contributed by atoms with Crippen LogP contribution in [0.3, 0.4) is 0 Å². The average molecular weight is 595 g/mol. The number of thioether (sulfide) groups is 1. The largest absolute Gasteiger partial charge is 0.478 e. The first-order chi connectivity index (χ1) is 19.0. The number of carboxylic acids is 1. The number of hydrogen-bond acceptors (Lipinski definition) is 9. The van der Waals surface area contributed by atoms with Gasteiger partial charge in [0.1, 0.15) is 5.82 Å².